The van der Waals surface area contributed by atoms with Crippen LogP contribution in [0.1, 0.15) is 36.8 Å². The van der Waals surface area contributed by atoms with Crippen LogP contribution in [0.25, 0.3) is 11.1 Å². The van der Waals surface area contributed by atoms with E-state index in [2.05, 4.69) is 10.6 Å². The van der Waals surface area contributed by atoms with Crippen LogP contribution in [-0.2, 0) is 27.2 Å². The molecule has 38 heavy (non-hydrogen) atoms. The Morgan fingerprint density at radius 1 is 0.868 bits per heavy atom. The number of carboxylic acid groups (broad SMARTS) is 1. The third-order valence-corrected chi connectivity index (χ3v) is 6.34. The zero-order chi connectivity index (χ0) is 27.3. The van der Waals surface area contributed by atoms with Crippen molar-refractivity contribution in [3.05, 3.63) is 90.0 Å². The first-order chi connectivity index (χ1) is 18.4. The predicted molar refractivity (Wildman–Crippen MR) is 149 cm³/mol. The Morgan fingerprint density at radius 3 is 2.21 bits per heavy atom. The molecule has 0 fully saturated rings. The van der Waals surface area contributed by atoms with Crippen LogP contribution in [0.15, 0.2) is 78.9 Å². The molecule has 3 aromatic carbocycles. The van der Waals surface area contributed by atoms with Gasteiger partial charge in [-0.3, -0.25) is 9.59 Å². The Morgan fingerprint density at radius 2 is 1.55 bits per heavy atom. The fourth-order valence-corrected chi connectivity index (χ4v) is 4.28. The van der Waals surface area contributed by atoms with E-state index in [4.69, 9.17) is 11.5 Å². The van der Waals surface area contributed by atoms with E-state index in [1.807, 2.05) is 72.8 Å². The van der Waals surface area contributed by atoms with Gasteiger partial charge >= 0.3 is 5.97 Å². The lowest BCUT2D eigenvalue weighted by Crippen LogP contribution is -2.42. The van der Waals surface area contributed by atoms with Crippen molar-refractivity contribution < 1.29 is 19.5 Å². The number of anilines is 1. The molecule has 200 valence electrons. The van der Waals surface area contributed by atoms with Crippen molar-refractivity contribution >= 4 is 23.5 Å². The van der Waals surface area contributed by atoms with Crippen LogP contribution in [0.2, 0.25) is 0 Å². The van der Waals surface area contributed by atoms with Gasteiger partial charge < -0.3 is 27.2 Å². The van der Waals surface area contributed by atoms with Gasteiger partial charge in [0.05, 0.1) is 6.04 Å². The monoisotopic (exact) mass is 516 g/mol. The number of unbranched alkanes of at least 4 members (excludes halogenated alkanes) is 1. The summed E-state index contributed by atoms with van der Waals surface area (Å²) in [5.74, 6) is -1.78. The molecule has 0 aliphatic carbocycles. The van der Waals surface area contributed by atoms with E-state index in [-0.39, 0.29) is 24.7 Å². The molecule has 0 spiro atoms. The van der Waals surface area contributed by atoms with Gasteiger partial charge in [0.2, 0.25) is 11.8 Å². The maximum absolute atomic E-state index is 12.9. The summed E-state index contributed by atoms with van der Waals surface area (Å²) in [4.78, 5) is 37.5. The topological polar surface area (TPSA) is 148 Å². The van der Waals surface area contributed by atoms with Gasteiger partial charge in [-0.05, 0) is 54.1 Å². The normalized spacial score (nSPS) is 12.4. The molecule has 0 heterocycles. The van der Waals surface area contributed by atoms with Crippen molar-refractivity contribution in [3.63, 3.8) is 0 Å². The summed E-state index contributed by atoms with van der Waals surface area (Å²) in [6, 6.07) is 22.7. The Bertz CT molecular complexity index is 1200. The SMILES string of the molecule is NCCCC[C@H](N)C(=O)Nc1cccc(-c2ccccc2)c1CCC(=O)N[C@@H](Cc1ccccc1)C(=O)O. The fourth-order valence-electron chi connectivity index (χ4n) is 4.28. The minimum absolute atomic E-state index is 0.0494. The second-order valence-corrected chi connectivity index (χ2v) is 9.23. The number of nitrogens with one attached hydrogen (secondary N) is 2. The fraction of sp³-hybridized carbons (Fsp3) is 0.300. The molecule has 2 amide bonds. The highest BCUT2D eigenvalue weighted by atomic mass is 16.4. The summed E-state index contributed by atoms with van der Waals surface area (Å²) >= 11 is 0. The second kappa shape index (κ2) is 14.7. The average molecular weight is 517 g/mol. The standard InChI is InChI=1S/C30H36N4O4/c31-19-8-7-15-25(32)29(36)34-26-16-9-14-23(22-12-5-2-6-13-22)24(26)17-18-28(35)33-27(30(37)38)20-21-10-3-1-4-11-21/h1-6,9-14,16,25,27H,7-8,15,17-20,31-32H2,(H,33,35)(H,34,36)(H,37,38)/t25-,27-/m0/s1. The number of hydrogen-bond donors (Lipinski definition) is 5. The number of rotatable bonds is 14. The average Bonchev–Trinajstić information content (AvgIpc) is 2.93. The van der Waals surface area contributed by atoms with E-state index < -0.39 is 18.1 Å². The van der Waals surface area contributed by atoms with Crippen molar-refractivity contribution in [3.8, 4) is 11.1 Å². The van der Waals surface area contributed by atoms with Crippen LogP contribution >= 0.6 is 0 Å². The molecule has 0 bridgehead atoms. The third-order valence-electron chi connectivity index (χ3n) is 6.34. The number of amides is 2. The molecule has 3 rings (SSSR count). The summed E-state index contributed by atoms with van der Waals surface area (Å²) in [6.45, 7) is 0.549. The van der Waals surface area contributed by atoms with E-state index in [1.165, 1.54) is 0 Å². The van der Waals surface area contributed by atoms with Gasteiger partial charge in [-0.2, -0.15) is 0 Å². The zero-order valence-electron chi connectivity index (χ0n) is 21.4. The number of nitrogens with two attached hydrogens (primary N) is 2. The summed E-state index contributed by atoms with van der Waals surface area (Å²) < 4.78 is 0. The molecule has 0 aliphatic heterocycles. The molecule has 3 aromatic rings. The molecule has 0 radical (unpaired) electrons. The lowest BCUT2D eigenvalue weighted by Gasteiger charge is -2.19. The maximum atomic E-state index is 12.9. The summed E-state index contributed by atoms with van der Waals surface area (Å²) in [5, 5.41) is 15.2. The first-order valence-electron chi connectivity index (χ1n) is 12.9. The zero-order valence-corrected chi connectivity index (χ0v) is 21.4. The number of hydrogen-bond acceptors (Lipinski definition) is 5. The number of carboxylic acids is 1. The minimum Gasteiger partial charge on any atom is -0.480 e. The molecule has 0 aromatic heterocycles. The van der Waals surface area contributed by atoms with Gasteiger partial charge in [0.15, 0.2) is 0 Å². The third kappa shape index (κ3) is 8.54. The van der Waals surface area contributed by atoms with Crippen LogP contribution < -0.4 is 22.1 Å². The summed E-state index contributed by atoms with van der Waals surface area (Å²) in [6.07, 6.45) is 2.62. The van der Waals surface area contributed by atoms with Crippen LogP contribution in [0, 0.1) is 0 Å². The maximum Gasteiger partial charge on any atom is 0.326 e. The highest BCUT2D eigenvalue weighted by Gasteiger charge is 2.22. The lowest BCUT2D eigenvalue weighted by molar-refractivity contribution is -0.141. The van der Waals surface area contributed by atoms with Crippen molar-refractivity contribution in [2.24, 2.45) is 11.5 Å². The number of carbonyl (C=O) groups is 3. The van der Waals surface area contributed by atoms with Crippen LogP contribution in [0.4, 0.5) is 5.69 Å². The Hall–Kier alpha value is -4.01. The number of aliphatic carboxylic acids is 1. The van der Waals surface area contributed by atoms with E-state index in [1.54, 1.807) is 6.07 Å². The molecule has 7 N–H and O–H groups in total. The number of benzene rings is 3. The van der Waals surface area contributed by atoms with E-state index in [9.17, 15) is 19.5 Å². The lowest BCUT2D eigenvalue weighted by atomic mass is 9.94. The van der Waals surface area contributed by atoms with Gasteiger partial charge in [0, 0.05) is 18.5 Å². The van der Waals surface area contributed by atoms with Crippen molar-refractivity contribution in [1.29, 1.82) is 0 Å². The molecule has 0 saturated heterocycles. The molecule has 0 saturated carbocycles. The molecule has 0 aliphatic rings. The second-order valence-electron chi connectivity index (χ2n) is 9.23. The van der Waals surface area contributed by atoms with Crippen molar-refractivity contribution in [2.75, 3.05) is 11.9 Å². The molecule has 0 unspecified atom stereocenters. The van der Waals surface area contributed by atoms with Gasteiger partial charge in [0.1, 0.15) is 6.04 Å². The van der Waals surface area contributed by atoms with Gasteiger partial charge in [0.25, 0.3) is 0 Å². The largest absolute Gasteiger partial charge is 0.480 e. The molecular formula is C30H36N4O4. The molecule has 8 heteroatoms. The van der Waals surface area contributed by atoms with Crippen molar-refractivity contribution in [1.82, 2.24) is 5.32 Å². The summed E-state index contributed by atoms with van der Waals surface area (Å²) in [5.41, 5.74) is 15.7. The van der Waals surface area contributed by atoms with Gasteiger partial charge in [-0.1, -0.05) is 79.2 Å². The van der Waals surface area contributed by atoms with Crippen molar-refractivity contribution in [2.45, 2.75) is 50.6 Å². The van der Waals surface area contributed by atoms with Crippen LogP contribution in [0.3, 0.4) is 0 Å². The Labute approximate surface area is 223 Å². The molecule has 2 atom stereocenters. The van der Waals surface area contributed by atoms with Crippen LogP contribution in [0.5, 0.6) is 0 Å². The molecule has 8 nitrogen and oxygen atoms in total. The van der Waals surface area contributed by atoms with E-state index in [0.717, 1.165) is 35.1 Å². The highest BCUT2D eigenvalue weighted by molar-refractivity contribution is 5.96. The van der Waals surface area contributed by atoms with E-state index >= 15 is 0 Å². The Balaban J connectivity index is 1.77. The number of carbonyl (C=O) groups excluding carboxylic acids is 2. The summed E-state index contributed by atoms with van der Waals surface area (Å²) in [7, 11) is 0. The van der Waals surface area contributed by atoms with E-state index in [0.29, 0.717) is 25.1 Å². The first-order valence-corrected chi connectivity index (χ1v) is 12.9. The van der Waals surface area contributed by atoms with Gasteiger partial charge in [-0.25, -0.2) is 4.79 Å². The Kier molecular flexibility index (Phi) is 11.0. The van der Waals surface area contributed by atoms with Gasteiger partial charge in [-0.15, -0.1) is 0 Å². The van der Waals surface area contributed by atoms with Crippen LogP contribution in [-0.4, -0.2) is 41.5 Å². The highest BCUT2D eigenvalue weighted by Crippen LogP contribution is 2.30. The quantitative estimate of drug-likeness (QED) is 0.207. The predicted octanol–water partition coefficient (Wildman–Crippen LogP) is 3.49. The molecular weight excluding hydrogens is 480 g/mol. The minimum atomic E-state index is -1.09. The first kappa shape index (κ1) is 28.6. The smallest absolute Gasteiger partial charge is 0.326 e.